The van der Waals surface area contributed by atoms with E-state index in [1.807, 2.05) is 60.7 Å². The summed E-state index contributed by atoms with van der Waals surface area (Å²) in [5.74, 6) is -1.41. The second kappa shape index (κ2) is 11.0. The number of hydrogen-bond acceptors (Lipinski definition) is 9. The number of fused-ring (bicyclic) bond motifs is 1. The zero-order valence-electron chi connectivity index (χ0n) is 20.6. The molecular formula is C26H27N7O6. The minimum absolute atomic E-state index is 0.0100. The van der Waals surface area contributed by atoms with Gasteiger partial charge in [-0.15, -0.1) is 0 Å². The Morgan fingerprint density at radius 2 is 1.72 bits per heavy atom. The van der Waals surface area contributed by atoms with Crippen molar-refractivity contribution in [3.63, 3.8) is 0 Å². The molecule has 4 aromatic rings. The van der Waals surface area contributed by atoms with Gasteiger partial charge in [-0.05, 0) is 11.1 Å². The van der Waals surface area contributed by atoms with Gasteiger partial charge in [0.15, 0.2) is 23.5 Å². The molecule has 1 aliphatic rings. The fourth-order valence-electron chi connectivity index (χ4n) is 4.46. The first-order valence-corrected chi connectivity index (χ1v) is 12.2. The number of carbonyl (C=O) groups is 2. The molecule has 2 aromatic carbocycles. The largest absolute Gasteiger partial charge is 0.387 e. The van der Waals surface area contributed by atoms with Gasteiger partial charge < -0.3 is 31.3 Å². The monoisotopic (exact) mass is 533 g/mol. The highest BCUT2D eigenvalue weighted by Gasteiger charge is 2.48. The number of hydrogen-bond donors (Lipinski definition) is 6. The standard InChI is InChI=1S/C26H27N7O6/c27-26-31-21-17(23(37)32-26)29-13-33(21)25-19(35)18(34)20(39-25)24(38)30-16(11-14-7-3-1-4-8-14)22(36)28-12-15-9-5-2-6-10-15/h1-10,13,16,18-20,25,34-35H,11-12H2,(H,28,36)(H,30,38)(H3,27,31,32,37)/t16-,18+,19-,20+,25-/m1/s1. The number of rotatable bonds is 8. The average molecular weight is 534 g/mol. The number of anilines is 1. The molecule has 13 heteroatoms. The van der Waals surface area contributed by atoms with Gasteiger partial charge in [0.1, 0.15) is 18.2 Å². The van der Waals surface area contributed by atoms with Crippen LogP contribution in [0.15, 0.2) is 71.8 Å². The van der Waals surface area contributed by atoms with Gasteiger partial charge in [-0.3, -0.25) is 23.9 Å². The molecule has 2 amide bonds. The fourth-order valence-corrected chi connectivity index (χ4v) is 4.46. The number of carbonyl (C=O) groups excluding carboxylic acids is 2. The summed E-state index contributed by atoms with van der Waals surface area (Å²) in [5, 5.41) is 26.9. The van der Waals surface area contributed by atoms with Gasteiger partial charge in [0, 0.05) is 13.0 Å². The number of aliphatic hydroxyl groups is 2. The molecule has 0 spiro atoms. The van der Waals surface area contributed by atoms with Crippen molar-refractivity contribution in [2.45, 2.75) is 43.5 Å². The van der Waals surface area contributed by atoms with Crippen LogP contribution < -0.4 is 21.9 Å². The van der Waals surface area contributed by atoms with Crippen molar-refractivity contribution >= 4 is 28.9 Å². The van der Waals surface area contributed by atoms with E-state index in [1.54, 1.807) is 0 Å². The van der Waals surface area contributed by atoms with Crippen LogP contribution in [0.4, 0.5) is 5.95 Å². The Balaban J connectivity index is 1.34. The third kappa shape index (κ3) is 5.50. The van der Waals surface area contributed by atoms with Crippen LogP contribution in [0, 0.1) is 0 Å². The van der Waals surface area contributed by atoms with Crippen LogP contribution in [0.2, 0.25) is 0 Å². The lowest BCUT2D eigenvalue weighted by atomic mass is 10.0. The predicted molar refractivity (Wildman–Crippen MR) is 139 cm³/mol. The maximum atomic E-state index is 13.3. The number of amides is 2. The average Bonchev–Trinajstić information content (AvgIpc) is 3.48. The fraction of sp³-hybridized carbons (Fsp3) is 0.269. The first-order chi connectivity index (χ1) is 18.8. The van der Waals surface area contributed by atoms with Gasteiger partial charge in [0.2, 0.25) is 11.9 Å². The topological polar surface area (TPSA) is 197 Å². The van der Waals surface area contributed by atoms with E-state index in [9.17, 15) is 24.6 Å². The number of aliphatic hydroxyl groups excluding tert-OH is 2. The van der Waals surface area contributed by atoms with Gasteiger partial charge in [-0.2, -0.15) is 4.98 Å². The number of nitrogens with zero attached hydrogens (tertiary/aromatic N) is 3. The molecule has 2 aromatic heterocycles. The molecule has 3 heterocycles. The molecule has 13 nitrogen and oxygen atoms in total. The van der Waals surface area contributed by atoms with E-state index in [0.717, 1.165) is 11.1 Å². The van der Waals surface area contributed by atoms with Gasteiger partial charge >= 0.3 is 0 Å². The van der Waals surface area contributed by atoms with Gasteiger partial charge in [0.05, 0.1) is 6.33 Å². The number of nitrogens with one attached hydrogen (secondary N) is 3. The SMILES string of the molecule is Nc1nc2c(ncn2[C@@H]2O[C@H](C(=O)N[C@H](Cc3ccccc3)C(=O)NCc3ccccc3)[C@@H](O)[C@H]2O)c(=O)[nH]1. The summed E-state index contributed by atoms with van der Waals surface area (Å²) < 4.78 is 6.94. The highest BCUT2D eigenvalue weighted by molar-refractivity contribution is 5.90. The first-order valence-electron chi connectivity index (χ1n) is 12.2. The summed E-state index contributed by atoms with van der Waals surface area (Å²) in [6, 6.07) is 17.5. The van der Waals surface area contributed by atoms with E-state index >= 15 is 0 Å². The number of nitrogens with two attached hydrogens (primary N) is 1. The number of H-pyrrole nitrogens is 1. The van der Waals surface area contributed by atoms with Crippen molar-refractivity contribution in [1.29, 1.82) is 0 Å². The first kappa shape index (κ1) is 26.0. The molecule has 1 aliphatic heterocycles. The van der Waals surface area contributed by atoms with Crippen molar-refractivity contribution in [2.75, 3.05) is 5.73 Å². The Hall–Kier alpha value is -4.59. The normalized spacial score (nSPS) is 21.5. The predicted octanol–water partition coefficient (Wildman–Crippen LogP) is -0.635. The van der Waals surface area contributed by atoms with E-state index in [0.29, 0.717) is 0 Å². The van der Waals surface area contributed by atoms with Crippen molar-refractivity contribution in [3.8, 4) is 0 Å². The Labute approximate surface area is 221 Å². The van der Waals surface area contributed by atoms with E-state index in [4.69, 9.17) is 10.5 Å². The van der Waals surface area contributed by atoms with Crippen LogP contribution in [0.1, 0.15) is 17.4 Å². The minimum Gasteiger partial charge on any atom is -0.387 e. The quantitative estimate of drug-likeness (QED) is 0.171. The molecular weight excluding hydrogens is 506 g/mol. The molecule has 0 radical (unpaired) electrons. The van der Waals surface area contributed by atoms with Crippen LogP contribution in [0.3, 0.4) is 0 Å². The number of nitrogen functional groups attached to an aromatic ring is 1. The third-order valence-electron chi connectivity index (χ3n) is 6.45. The number of imidazole rings is 1. The van der Waals surface area contributed by atoms with Crippen molar-refractivity contribution in [2.24, 2.45) is 0 Å². The van der Waals surface area contributed by atoms with Crippen LogP contribution in [0.5, 0.6) is 0 Å². The molecule has 0 saturated carbocycles. The zero-order valence-corrected chi connectivity index (χ0v) is 20.6. The van der Waals surface area contributed by atoms with Crippen molar-refractivity contribution in [1.82, 2.24) is 30.2 Å². The number of benzene rings is 2. The number of aromatic amines is 1. The molecule has 39 heavy (non-hydrogen) atoms. The number of aromatic nitrogens is 4. The van der Waals surface area contributed by atoms with Crippen molar-refractivity contribution < 1.29 is 24.5 Å². The smallest absolute Gasteiger partial charge is 0.280 e. The molecule has 5 rings (SSSR count). The lowest BCUT2D eigenvalue weighted by molar-refractivity contribution is -0.140. The highest BCUT2D eigenvalue weighted by atomic mass is 16.6. The molecule has 7 N–H and O–H groups in total. The summed E-state index contributed by atoms with van der Waals surface area (Å²) in [6.07, 6.45) is -4.66. The summed E-state index contributed by atoms with van der Waals surface area (Å²) in [5.41, 5.74) is 6.69. The summed E-state index contributed by atoms with van der Waals surface area (Å²) in [4.78, 5) is 48.8. The van der Waals surface area contributed by atoms with Gasteiger partial charge in [-0.25, -0.2) is 4.98 Å². The maximum Gasteiger partial charge on any atom is 0.280 e. The molecule has 202 valence electrons. The highest BCUT2D eigenvalue weighted by Crippen LogP contribution is 2.31. The van der Waals surface area contributed by atoms with E-state index in [1.165, 1.54) is 10.9 Å². The maximum absolute atomic E-state index is 13.3. The third-order valence-corrected chi connectivity index (χ3v) is 6.45. The molecule has 5 atom stereocenters. The van der Waals surface area contributed by atoms with Gasteiger partial charge in [-0.1, -0.05) is 60.7 Å². The molecule has 1 saturated heterocycles. The zero-order chi connectivity index (χ0) is 27.5. The Kier molecular flexibility index (Phi) is 7.36. The van der Waals surface area contributed by atoms with Crippen molar-refractivity contribution in [3.05, 3.63) is 88.5 Å². The Bertz CT molecular complexity index is 1520. The number of ether oxygens (including phenoxy) is 1. The van der Waals surface area contributed by atoms with E-state index in [-0.39, 0.29) is 30.1 Å². The molecule has 1 fully saturated rings. The minimum atomic E-state index is -1.64. The van der Waals surface area contributed by atoms with Crippen LogP contribution in [-0.2, 0) is 27.3 Å². The molecule has 0 aliphatic carbocycles. The molecule has 0 bridgehead atoms. The van der Waals surface area contributed by atoms with E-state index in [2.05, 4.69) is 25.6 Å². The lowest BCUT2D eigenvalue weighted by Gasteiger charge is -2.22. The second-order valence-corrected chi connectivity index (χ2v) is 9.16. The summed E-state index contributed by atoms with van der Waals surface area (Å²) >= 11 is 0. The van der Waals surface area contributed by atoms with E-state index < -0.39 is 48.0 Å². The Morgan fingerprint density at radius 1 is 1.05 bits per heavy atom. The molecule has 0 unspecified atom stereocenters. The van der Waals surface area contributed by atoms with Crippen LogP contribution in [-0.4, -0.2) is 65.9 Å². The summed E-state index contributed by atoms with van der Waals surface area (Å²) in [6.45, 7) is 0.257. The Morgan fingerprint density at radius 3 is 2.41 bits per heavy atom. The van der Waals surface area contributed by atoms with Crippen LogP contribution >= 0.6 is 0 Å². The van der Waals surface area contributed by atoms with Crippen LogP contribution in [0.25, 0.3) is 11.2 Å². The summed E-state index contributed by atoms with van der Waals surface area (Å²) in [7, 11) is 0. The van der Waals surface area contributed by atoms with Gasteiger partial charge in [0.25, 0.3) is 11.5 Å². The second-order valence-electron chi connectivity index (χ2n) is 9.16. The lowest BCUT2D eigenvalue weighted by Crippen LogP contribution is -2.52.